The van der Waals surface area contributed by atoms with Gasteiger partial charge in [0.25, 0.3) is 0 Å². The molecular formula is C26H28N2O4S. The van der Waals surface area contributed by atoms with E-state index in [1.54, 1.807) is 6.92 Å². The number of carbonyl (C=O) groups excluding carboxylic acids is 1. The Bertz CT molecular complexity index is 1120. The summed E-state index contributed by atoms with van der Waals surface area (Å²) in [6, 6.07) is 13.7. The number of ether oxygens (including phenoxy) is 3. The standard InChI is InChI=1S/C26H28N2O4S/c1-5-30-22-15-20(11-12-21(22)32-16-19-9-7-17(3)8-10-19)24-23(25(29)31-6-2)18(4)27-26-28(24)13-14-33-26/h7-15,24H,5-6,16H2,1-4H3/t24-/m1/s1. The summed E-state index contributed by atoms with van der Waals surface area (Å²) < 4.78 is 17.4. The molecule has 2 heterocycles. The van der Waals surface area contributed by atoms with Gasteiger partial charge in [0.05, 0.1) is 30.5 Å². The van der Waals surface area contributed by atoms with E-state index in [4.69, 9.17) is 14.2 Å². The topological polar surface area (TPSA) is 60.4 Å². The molecule has 33 heavy (non-hydrogen) atoms. The third-order valence-corrected chi connectivity index (χ3v) is 6.18. The van der Waals surface area contributed by atoms with E-state index in [1.165, 1.54) is 17.3 Å². The Balaban J connectivity index is 1.67. The summed E-state index contributed by atoms with van der Waals surface area (Å²) in [4.78, 5) is 19.5. The second kappa shape index (κ2) is 10.2. The van der Waals surface area contributed by atoms with Crippen LogP contribution in [0.3, 0.4) is 0 Å². The Kier molecular flexibility index (Phi) is 7.08. The zero-order valence-corrected chi connectivity index (χ0v) is 20.1. The van der Waals surface area contributed by atoms with Crippen molar-refractivity contribution in [2.75, 3.05) is 13.2 Å². The van der Waals surface area contributed by atoms with E-state index in [0.29, 0.717) is 42.6 Å². The summed E-state index contributed by atoms with van der Waals surface area (Å²) in [6.07, 6.45) is 1.95. The molecule has 2 aliphatic heterocycles. The van der Waals surface area contributed by atoms with Gasteiger partial charge in [-0.2, -0.15) is 0 Å². The lowest BCUT2D eigenvalue weighted by Crippen LogP contribution is -2.34. The van der Waals surface area contributed by atoms with Gasteiger partial charge in [-0.25, -0.2) is 9.79 Å². The van der Waals surface area contributed by atoms with Gasteiger partial charge in [-0.3, -0.25) is 0 Å². The predicted octanol–water partition coefficient (Wildman–Crippen LogP) is 5.74. The number of rotatable bonds is 8. The number of amidine groups is 1. The molecule has 2 aliphatic rings. The molecule has 0 saturated heterocycles. The number of fused-ring (bicyclic) bond motifs is 1. The highest BCUT2D eigenvalue weighted by Crippen LogP contribution is 2.43. The number of carbonyl (C=O) groups is 1. The summed E-state index contributed by atoms with van der Waals surface area (Å²) in [5.41, 5.74) is 4.40. The minimum Gasteiger partial charge on any atom is -0.490 e. The van der Waals surface area contributed by atoms with E-state index in [-0.39, 0.29) is 12.0 Å². The van der Waals surface area contributed by atoms with Crippen molar-refractivity contribution >= 4 is 22.9 Å². The molecule has 0 aliphatic carbocycles. The van der Waals surface area contributed by atoms with Gasteiger partial charge in [0.15, 0.2) is 16.7 Å². The van der Waals surface area contributed by atoms with Crippen molar-refractivity contribution < 1.29 is 19.0 Å². The molecule has 0 unspecified atom stereocenters. The van der Waals surface area contributed by atoms with Crippen LogP contribution in [0.15, 0.2) is 70.3 Å². The Labute approximate surface area is 198 Å². The average molecular weight is 465 g/mol. The zero-order valence-electron chi connectivity index (χ0n) is 19.3. The zero-order chi connectivity index (χ0) is 23.4. The Hall–Kier alpha value is -3.19. The number of nitrogens with zero attached hydrogens (tertiary/aromatic N) is 2. The molecule has 0 N–H and O–H groups in total. The molecule has 2 aromatic carbocycles. The maximum atomic E-state index is 12.9. The molecule has 7 heteroatoms. The number of esters is 1. The van der Waals surface area contributed by atoms with E-state index < -0.39 is 0 Å². The number of hydrogen-bond acceptors (Lipinski definition) is 7. The molecule has 0 radical (unpaired) electrons. The summed E-state index contributed by atoms with van der Waals surface area (Å²) in [5, 5.41) is 2.80. The van der Waals surface area contributed by atoms with Crippen LogP contribution in [0, 0.1) is 6.92 Å². The number of benzene rings is 2. The lowest BCUT2D eigenvalue weighted by molar-refractivity contribution is -0.139. The van der Waals surface area contributed by atoms with Crippen molar-refractivity contribution in [3.63, 3.8) is 0 Å². The minimum atomic E-state index is -0.356. The smallest absolute Gasteiger partial charge is 0.338 e. The van der Waals surface area contributed by atoms with E-state index in [1.807, 2.05) is 48.6 Å². The van der Waals surface area contributed by atoms with Gasteiger partial charge in [-0.05, 0) is 56.4 Å². The normalized spacial score (nSPS) is 17.0. The number of thioether (sulfide) groups is 1. The van der Waals surface area contributed by atoms with E-state index in [0.717, 1.165) is 16.3 Å². The fraction of sp³-hybridized carbons (Fsp3) is 0.308. The first kappa shape index (κ1) is 23.0. The molecule has 0 amide bonds. The number of allylic oxidation sites excluding steroid dienone is 1. The molecule has 172 valence electrons. The molecule has 1 atom stereocenters. The van der Waals surface area contributed by atoms with E-state index in [2.05, 4.69) is 36.2 Å². The average Bonchev–Trinajstić information content (AvgIpc) is 3.26. The summed E-state index contributed by atoms with van der Waals surface area (Å²) in [5.74, 6) is 0.948. The first-order valence-corrected chi connectivity index (χ1v) is 11.9. The van der Waals surface area contributed by atoms with Crippen molar-refractivity contribution in [3.05, 3.63) is 82.0 Å². The van der Waals surface area contributed by atoms with Crippen LogP contribution in [-0.4, -0.2) is 29.3 Å². The Morgan fingerprint density at radius 1 is 1.03 bits per heavy atom. The van der Waals surface area contributed by atoms with Crippen molar-refractivity contribution in [3.8, 4) is 11.5 Å². The quantitative estimate of drug-likeness (QED) is 0.464. The monoisotopic (exact) mass is 464 g/mol. The SMILES string of the molecule is CCOC(=O)C1=C(C)N=C2SC=CN2[C@@H]1c1ccc(OCc2ccc(C)cc2)c(OCC)c1. The van der Waals surface area contributed by atoms with Crippen molar-refractivity contribution in [2.45, 2.75) is 40.3 Å². The highest BCUT2D eigenvalue weighted by molar-refractivity contribution is 8.16. The second-order valence-electron chi connectivity index (χ2n) is 7.74. The first-order chi connectivity index (χ1) is 16.0. The highest BCUT2D eigenvalue weighted by Gasteiger charge is 2.37. The summed E-state index contributed by atoms with van der Waals surface area (Å²) in [6.45, 7) is 8.91. The van der Waals surface area contributed by atoms with Crippen molar-refractivity contribution in [2.24, 2.45) is 4.99 Å². The maximum Gasteiger partial charge on any atom is 0.338 e. The van der Waals surface area contributed by atoms with Crippen LogP contribution in [0.1, 0.15) is 43.5 Å². The van der Waals surface area contributed by atoms with Crippen LogP contribution in [0.4, 0.5) is 0 Å². The Morgan fingerprint density at radius 3 is 2.55 bits per heavy atom. The van der Waals surface area contributed by atoms with Crippen LogP contribution in [0.5, 0.6) is 11.5 Å². The molecule has 6 nitrogen and oxygen atoms in total. The third kappa shape index (κ3) is 4.93. The lowest BCUT2D eigenvalue weighted by atomic mass is 9.94. The van der Waals surface area contributed by atoms with E-state index >= 15 is 0 Å². The van der Waals surface area contributed by atoms with E-state index in [9.17, 15) is 4.79 Å². The predicted molar refractivity (Wildman–Crippen MR) is 131 cm³/mol. The molecule has 0 saturated carbocycles. The van der Waals surface area contributed by atoms with Crippen LogP contribution in [0.25, 0.3) is 0 Å². The Morgan fingerprint density at radius 2 is 1.82 bits per heavy atom. The van der Waals surface area contributed by atoms with Gasteiger partial charge in [0.1, 0.15) is 6.61 Å². The van der Waals surface area contributed by atoms with Gasteiger partial charge in [-0.15, -0.1) is 0 Å². The lowest BCUT2D eigenvalue weighted by Gasteiger charge is -2.33. The summed E-state index contributed by atoms with van der Waals surface area (Å²) >= 11 is 1.53. The van der Waals surface area contributed by atoms with Gasteiger partial charge in [0.2, 0.25) is 0 Å². The number of hydrogen-bond donors (Lipinski definition) is 0. The molecular weight excluding hydrogens is 436 g/mol. The summed E-state index contributed by atoms with van der Waals surface area (Å²) in [7, 11) is 0. The third-order valence-electron chi connectivity index (χ3n) is 5.41. The molecule has 0 spiro atoms. The fourth-order valence-electron chi connectivity index (χ4n) is 3.83. The molecule has 0 fully saturated rings. The van der Waals surface area contributed by atoms with Gasteiger partial charge in [-0.1, -0.05) is 47.7 Å². The molecule has 0 aromatic heterocycles. The van der Waals surface area contributed by atoms with Crippen LogP contribution in [0.2, 0.25) is 0 Å². The largest absolute Gasteiger partial charge is 0.490 e. The van der Waals surface area contributed by atoms with Gasteiger partial charge >= 0.3 is 5.97 Å². The van der Waals surface area contributed by atoms with Crippen molar-refractivity contribution in [1.82, 2.24) is 4.90 Å². The van der Waals surface area contributed by atoms with Crippen LogP contribution >= 0.6 is 11.8 Å². The first-order valence-electron chi connectivity index (χ1n) is 11.0. The number of aliphatic imine (C=N–C) groups is 1. The molecule has 2 aromatic rings. The fourth-order valence-corrected chi connectivity index (χ4v) is 4.62. The molecule has 4 rings (SSSR count). The number of aryl methyl sites for hydroxylation is 1. The molecule has 0 bridgehead atoms. The minimum absolute atomic E-state index is 0.305. The highest BCUT2D eigenvalue weighted by atomic mass is 32.2. The second-order valence-corrected chi connectivity index (χ2v) is 8.61. The van der Waals surface area contributed by atoms with Crippen LogP contribution in [-0.2, 0) is 16.1 Å². The van der Waals surface area contributed by atoms with Gasteiger partial charge in [0, 0.05) is 6.20 Å². The van der Waals surface area contributed by atoms with Crippen LogP contribution < -0.4 is 9.47 Å². The maximum absolute atomic E-state index is 12.9. The van der Waals surface area contributed by atoms with Gasteiger partial charge < -0.3 is 19.1 Å². The van der Waals surface area contributed by atoms with Crippen molar-refractivity contribution in [1.29, 1.82) is 0 Å².